The van der Waals surface area contributed by atoms with Crippen LogP contribution in [0.3, 0.4) is 0 Å². The molecule has 0 bridgehead atoms. The summed E-state index contributed by atoms with van der Waals surface area (Å²) >= 11 is 0. The third-order valence-corrected chi connectivity index (χ3v) is 4.05. The highest BCUT2D eigenvalue weighted by molar-refractivity contribution is 5.51. The van der Waals surface area contributed by atoms with E-state index in [2.05, 4.69) is 36.8 Å². The van der Waals surface area contributed by atoms with Crippen LogP contribution in [-0.2, 0) is 0 Å². The second-order valence-corrected chi connectivity index (χ2v) is 5.82. The molecule has 1 aliphatic rings. The topological polar surface area (TPSA) is 50.5 Å². The molecular formula is C15H21N3O. The number of likely N-dealkylation sites (N-methyl/N-ethyl adjacent to an activating group) is 1. The number of aliphatic hydroxyl groups excluding tert-OH is 1. The highest BCUT2D eigenvalue weighted by Crippen LogP contribution is 2.28. The van der Waals surface area contributed by atoms with Crippen LogP contribution in [0.25, 0.3) is 0 Å². The van der Waals surface area contributed by atoms with Crippen molar-refractivity contribution < 1.29 is 5.11 Å². The van der Waals surface area contributed by atoms with Gasteiger partial charge in [-0.25, -0.2) is 0 Å². The first-order valence-electron chi connectivity index (χ1n) is 6.57. The molecular weight excluding hydrogens is 238 g/mol. The van der Waals surface area contributed by atoms with Crippen LogP contribution in [0.4, 0.5) is 5.69 Å². The predicted octanol–water partition coefficient (Wildman–Crippen LogP) is 1.45. The van der Waals surface area contributed by atoms with Gasteiger partial charge < -0.3 is 10.0 Å². The SMILES string of the molecule is CN1CC(CO)N(c2ccc(C#N)cc2)CC1(C)C. The fourth-order valence-electron chi connectivity index (χ4n) is 2.51. The van der Waals surface area contributed by atoms with Gasteiger partial charge in [0.1, 0.15) is 0 Å². The van der Waals surface area contributed by atoms with Gasteiger partial charge in [-0.2, -0.15) is 5.26 Å². The van der Waals surface area contributed by atoms with E-state index in [1.807, 2.05) is 24.3 Å². The zero-order chi connectivity index (χ0) is 14.0. The van der Waals surface area contributed by atoms with Crippen LogP contribution < -0.4 is 4.90 Å². The summed E-state index contributed by atoms with van der Waals surface area (Å²) in [6.07, 6.45) is 0. The first-order chi connectivity index (χ1) is 8.97. The van der Waals surface area contributed by atoms with Crippen LogP contribution in [0.2, 0.25) is 0 Å². The number of hydrogen-bond acceptors (Lipinski definition) is 4. The van der Waals surface area contributed by atoms with Crippen LogP contribution in [0.5, 0.6) is 0 Å². The molecule has 1 saturated heterocycles. The van der Waals surface area contributed by atoms with E-state index in [1.54, 1.807) is 0 Å². The van der Waals surface area contributed by atoms with Crippen LogP contribution >= 0.6 is 0 Å². The van der Waals surface area contributed by atoms with Gasteiger partial charge in [0.05, 0.1) is 24.3 Å². The first-order valence-corrected chi connectivity index (χ1v) is 6.57. The van der Waals surface area contributed by atoms with Crippen LogP contribution in [0, 0.1) is 11.3 Å². The Morgan fingerprint density at radius 3 is 2.53 bits per heavy atom. The summed E-state index contributed by atoms with van der Waals surface area (Å²) in [4.78, 5) is 4.52. The van der Waals surface area contributed by atoms with E-state index in [-0.39, 0.29) is 18.2 Å². The number of benzene rings is 1. The fourth-order valence-corrected chi connectivity index (χ4v) is 2.51. The second kappa shape index (κ2) is 5.20. The van der Waals surface area contributed by atoms with Crippen molar-refractivity contribution in [2.45, 2.75) is 25.4 Å². The standard InChI is InChI=1S/C15H21N3O/c1-15(2)11-18(14(10-19)9-17(15)3)13-6-4-12(8-16)5-7-13/h4-7,14,19H,9-11H2,1-3H3. The van der Waals surface area contributed by atoms with Gasteiger partial charge >= 0.3 is 0 Å². The molecule has 0 radical (unpaired) electrons. The summed E-state index contributed by atoms with van der Waals surface area (Å²) in [7, 11) is 2.10. The first kappa shape index (κ1) is 13.9. The van der Waals surface area contributed by atoms with Crippen molar-refractivity contribution in [3.63, 3.8) is 0 Å². The highest BCUT2D eigenvalue weighted by atomic mass is 16.3. The summed E-state index contributed by atoms with van der Waals surface area (Å²) in [6.45, 7) is 6.25. The summed E-state index contributed by atoms with van der Waals surface area (Å²) < 4.78 is 0. The average molecular weight is 259 g/mol. The molecule has 1 unspecified atom stereocenters. The summed E-state index contributed by atoms with van der Waals surface area (Å²) in [5, 5.41) is 18.4. The minimum Gasteiger partial charge on any atom is -0.394 e. The lowest BCUT2D eigenvalue weighted by molar-refractivity contribution is 0.0932. The Bertz CT molecular complexity index is 475. The maximum Gasteiger partial charge on any atom is 0.0991 e. The van der Waals surface area contributed by atoms with Crippen molar-refractivity contribution >= 4 is 5.69 Å². The number of piperazine rings is 1. The lowest BCUT2D eigenvalue weighted by Gasteiger charge is -2.50. The lowest BCUT2D eigenvalue weighted by atomic mass is 9.95. The molecule has 19 heavy (non-hydrogen) atoms. The van der Waals surface area contributed by atoms with Crippen LogP contribution in [0.1, 0.15) is 19.4 Å². The molecule has 0 spiro atoms. The smallest absolute Gasteiger partial charge is 0.0991 e. The molecule has 4 nitrogen and oxygen atoms in total. The van der Waals surface area contributed by atoms with Gasteiger partial charge in [-0.05, 0) is 45.2 Å². The molecule has 4 heteroatoms. The van der Waals surface area contributed by atoms with Gasteiger partial charge in [0.25, 0.3) is 0 Å². The van der Waals surface area contributed by atoms with Crippen LogP contribution in [-0.4, -0.2) is 48.3 Å². The van der Waals surface area contributed by atoms with Crippen molar-refractivity contribution in [3.8, 4) is 6.07 Å². The molecule has 1 fully saturated rings. The van der Waals surface area contributed by atoms with E-state index in [4.69, 9.17) is 5.26 Å². The summed E-state index contributed by atoms with van der Waals surface area (Å²) in [5.41, 5.74) is 1.80. The quantitative estimate of drug-likeness (QED) is 0.873. The molecule has 0 saturated carbocycles. The monoisotopic (exact) mass is 259 g/mol. The Balaban J connectivity index is 2.27. The molecule has 1 aromatic carbocycles. The molecule has 0 aromatic heterocycles. The highest BCUT2D eigenvalue weighted by Gasteiger charge is 2.36. The number of rotatable bonds is 2. The van der Waals surface area contributed by atoms with Gasteiger partial charge in [0.2, 0.25) is 0 Å². The molecule has 102 valence electrons. The molecule has 1 N–H and O–H groups in total. The lowest BCUT2D eigenvalue weighted by Crippen LogP contribution is -2.63. The van der Waals surface area contributed by atoms with E-state index < -0.39 is 0 Å². The molecule has 1 atom stereocenters. The Morgan fingerprint density at radius 2 is 2.00 bits per heavy atom. The Labute approximate surface area is 114 Å². The van der Waals surface area contributed by atoms with Crippen molar-refractivity contribution in [1.82, 2.24) is 4.90 Å². The zero-order valence-electron chi connectivity index (χ0n) is 11.8. The van der Waals surface area contributed by atoms with E-state index >= 15 is 0 Å². The average Bonchev–Trinajstić information content (AvgIpc) is 2.41. The van der Waals surface area contributed by atoms with E-state index in [9.17, 15) is 5.11 Å². The Kier molecular flexibility index (Phi) is 3.79. The van der Waals surface area contributed by atoms with Gasteiger partial charge in [-0.15, -0.1) is 0 Å². The number of nitriles is 1. The molecule has 1 heterocycles. The van der Waals surface area contributed by atoms with Crippen molar-refractivity contribution in [3.05, 3.63) is 29.8 Å². The second-order valence-electron chi connectivity index (χ2n) is 5.82. The molecule has 2 rings (SSSR count). The minimum absolute atomic E-state index is 0.0690. The summed E-state index contributed by atoms with van der Waals surface area (Å²) in [6, 6.07) is 9.81. The molecule has 1 aromatic rings. The third kappa shape index (κ3) is 2.73. The zero-order valence-corrected chi connectivity index (χ0v) is 11.8. The Morgan fingerprint density at radius 1 is 1.37 bits per heavy atom. The van der Waals surface area contributed by atoms with E-state index in [1.165, 1.54) is 0 Å². The summed E-state index contributed by atoms with van der Waals surface area (Å²) in [5.74, 6) is 0. The van der Waals surface area contributed by atoms with Gasteiger partial charge in [-0.3, -0.25) is 4.90 Å². The minimum atomic E-state index is 0.0690. The van der Waals surface area contributed by atoms with Gasteiger partial charge in [-0.1, -0.05) is 0 Å². The fraction of sp³-hybridized carbons (Fsp3) is 0.533. The van der Waals surface area contributed by atoms with Gasteiger partial charge in [0.15, 0.2) is 0 Å². The van der Waals surface area contributed by atoms with Crippen molar-refractivity contribution in [2.75, 3.05) is 31.6 Å². The Hall–Kier alpha value is -1.57. The van der Waals surface area contributed by atoms with Gasteiger partial charge in [0, 0.05) is 24.3 Å². The predicted molar refractivity (Wildman–Crippen MR) is 76.1 cm³/mol. The number of hydrogen-bond donors (Lipinski definition) is 1. The molecule has 0 aliphatic carbocycles. The van der Waals surface area contributed by atoms with E-state index in [0.29, 0.717) is 5.56 Å². The largest absolute Gasteiger partial charge is 0.394 e. The van der Waals surface area contributed by atoms with Crippen LogP contribution in [0.15, 0.2) is 24.3 Å². The molecule has 0 amide bonds. The van der Waals surface area contributed by atoms with Crippen molar-refractivity contribution in [2.24, 2.45) is 0 Å². The van der Waals surface area contributed by atoms with Crippen molar-refractivity contribution in [1.29, 1.82) is 5.26 Å². The molecule has 1 aliphatic heterocycles. The maximum absolute atomic E-state index is 9.59. The normalized spacial score (nSPS) is 23.1. The number of nitrogens with zero attached hydrogens (tertiary/aromatic N) is 3. The number of aliphatic hydroxyl groups is 1. The maximum atomic E-state index is 9.59. The van der Waals surface area contributed by atoms with E-state index in [0.717, 1.165) is 18.8 Å². The number of anilines is 1. The third-order valence-electron chi connectivity index (χ3n) is 4.05.